The first kappa shape index (κ1) is 15.2. The quantitative estimate of drug-likeness (QED) is 0.820. The average molecular weight is 283 g/mol. The number of nitrogens with zero attached hydrogens (tertiary/aromatic N) is 1. The smallest absolute Gasteiger partial charge is 0.151 e. The van der Waals surface area contributed by atoms with Crippen LogP contribution in [0.4, 0.5) is 0 Å². The molecule has 2 saturated heterocycles. The van der Waals surface area contributed by atoms with E-state index < -0.39 is 9.84 Å². The summed E-state index contributed by atoms with van der Waals surface area (Å²) in [7, 11) is -2.85. The number of nitrogens with one attached hydrogen (secondary N) is 1. The van der Waals surface area contributed by atoms with Crippen LogP contribution in [-0.2, 0) is 9.84 Å². The lowest BCUT2D eigenvalue weighted by molar-refractivity contribution is 0.209. The van der Waals surface area contributed by atoms with Gasteiger partial charge in [-0.2, -0.15) is 0 Å². The van der Waals surface area contributed by atoms with Crippen molar-refractivity contribution in [2.75, 3.05) is 39.0 Å². The fourth-order valence-corrected chi connectivity index (χ4v) is 3.85. The minimum atomic E-state index is -2.85. The molecule has 2 rings (SSSR count). The third-order valence-corrected chi connectivity index (χ3v) is 5.49. The fraction of sp³-hybridized carbons (Fsp3) is 1.00. The van der Waals surface area contributed by atoms with Crippen LogP contribution in [0, 0.1) is 5.41 Å². The van der Waals surface area contributed by atoms with E-state index in [1.54, 1.807) is 0 Å². The molecule has 2 fully saturated rings. The van der Waals surface area contributed by atoms with E-state index in [2.05, 4.69) is 17.1 Å². The molecule has 102 valence electrons. The van der Waals surface area contributed by atoms with Crippen molar-refractivity contribution in [3.63, 3.8) is 0 Å². The number of sulfone groups is 1. The summed E-state index contributed by atoms with van der Waals surface area (Å²) in [5, 5.41) is 3.25. The van der Waals surface area contributed by atoms with Crippen molar-refractivity contribution in [1.82, 2.24) is 10.2 Å². The minimum Gasteiger partial charge on any atom is -0.316 e. The lowest BCUT2D eigenvalue weighted by Crippen LogP contribution is -2.37. The first-order chi connectivity index (χ1) is 7.39. The van der Waals surface area contributed by atoms with Crippen molar-refractivity contribution in [2.45, 2.75) is 25.0 Å². The molecule has 0 aromatic carbocycles. The summed E-state index contributed by atoms with van der Waals surface area (Å²) in [5.74, 6) is 0. The summed E-state index contributed by atoms with van der Waals surface area (Å²) in [6, 6.07) is 0. The Morgan fingerprint density at radius 3 is 2.65 bits per heavy atom. The molecule has 0 aliphatic carbocycles. The molecule has 1 N–H and O–H groups in total. The lowest BCUT2D eigenvalue weighted by atomic mass is 9.89. The molecule has 0 aromatic heterocycles. The molecule has 2 unspecified atom stereocenters. The van der Waals surface area contributed by atoms with Crippen LogP contribution in [0.1, 0.15) is 19.8 Å². The van der Waals surface area contributed by atoms with Crippen molar-refractivity contribution < 1.29 is 8.42 Å². The molecule has 6 heteroatoms. The zero-order chi connectivity index (χ0) is 11.8. The highest BCUT2D eigenvalue weighted by Crippen LogP contribution is 2.28. The van der Waals surface area contributed by atoms with Crippen molar-refractivity contribution in [3.05, 3.63) is 0 Å². The van der Waals surface area contributed by atoms with Gasteiger partial charge in [-0.05, 0) is 31.3 Å². The second kappa shape index (κ2) is 5.43. The first-order valence-corrected chi connectivity index (χ1v) is 7.96. The molecular formula is C11H23ClN2O2S. The normalized spacial score (nSPS) is 34.8. The molecule has 2 aliphatic heterocycles. The topological polar surface area (TPSA) is 49.4 Å². The summed E-state index contributed by atoms with van der Waals surface area (Å²) in [6.07, 6.45) is 3.37. The molecular weight excluding hydrogens is 260 g/mol. The van der Waals surface area contributed by atoms with E-state index in [0.717, 1.165) is 39.1 Å². The van der Waals surface area contributed by atoms with Crippen LogP contribution in [0.2, 0.25) is 0 Å². The maximum Gasteiger partial charge on any atom is 0.151 e. The Hall–Kier alpha value is 0.160. The summed E-state index contributed by atoms with van der Waals surface area (Å²) >= 11 is 0. The Bertz CT molecular complexity index is 352. The largest absolute Gasteiger partial charge is 0.316 e. The highest BCUT2D eigenvalue weighted by atomic mass is 35.5. The maximum atomic E-state index is 11.5. The summed E-state index contributed by atoms with van der Waals surface area (Å²) in [6.45, 7) is 7.15. The molecule has 0 spiro atoms. The van der Waals surface area contributed by atoms with E-state index in [1.807, 2.05) is 0 Å². The predicted octanol–water partition coefficient (Wildman–Crippen LogP) is 0.527. The van der Waals surface area contributed by atoms with E-state index in [-0.39, 0.29) is 17.7 Å². The van der Waals surface area contributed by atoms with Crippen LogP contribution < -0.4 is 5.32 Å². The molecule has 0 radical (unpaired) electrons. The second-order valence-corrected chi connectivity index (χ2v) is 8.04. The first-order valence-electron chi connectivity index (χ1n) is 6.01. The van der Waals surface area contributed by atoms with Crippen LogP contribution in [0.15, 0.2) is 0 Å². The average Bonchev–Trinajstić information content (AvgIpc) is 2.74. The third kappa shape index (κ3) is 3.81. The van der Waals surface area contributed by atoms with Crippen molar-refractivity contribution in [2.24, 2.45) is 5.41 Å². The Morgan fingerprint density at radius 1 is 1.47 bits per heavy atom. The molecule has 0 aromatic rings. The van der Waals surface area contributed by atoms with Crippen LogP contribution in [0.3, 0.4) is 0 Å². The summed E-state index contributed by atoms with van der Waals surface area (Å²) in [5.41, 5.74) is 0.340. The summed E-state index contributed by atoms with van der Waals surface area (Å²) in [4.78, 5) is 2.32. The Morgan fingerprint density at radius 2 is 2.18 bits per heavy atom. The van der Waals surface area contributed by atoms with Gasteiger partial charge in [-0.15, -0.1) is 12.4 Å². The summed E-state index contributed by atoms with van der Waals surface area (Å²) < 4.78 is 22.9. The van der Waals surface area contributed by atoms with Gasteiger partial charge < -0.3 is 10.2 Å². The SMILES string of the molecule is CC1(CN2CCC(S(C)(=O)=O)C2)CCNC1.Cl. The molecule has 0 amide bonds. The lowest BCUT2D eigenvalue weighted by Gasteiger charge is -2.28. The number of rotatable bonds is 3. The van der Waals surface area contributed by atoms with Crippen molar-refractivity contribution in [1.29, 1.82) is 0 Å². The van der Waals surface area contributed by atoms with Gasteiger partial charge in [0.2, 0.25) is 0 Å². The second-order valence-electron chi connectivity index (χ2n) is 5.71. The van der Waals surface area contributed by atoms with Crippen LogP contribution >= 0.6 is 12.4 Å². The molecule has 2 heterocycles. The van der Waals surface area contributed by atoms with Crippen molar-refractivity contribution in [3.8, 4) is 0 Å². The standard InChI is InChI=1S/C11H22N2O2S.ClH/c1-11(4-5-12-8-11)9-13-6-3-10(7-13)16(2,14)15;/h10,12H,3-9H2,1-2H3;1H. The predicted molar refractivity (Wildman–Crippen MR) is 72.5 cm³/mol. The molecule has 0 saturated carbocycles. The highest BCUT2D eigenvalue weighted by Gasteiger charge is 2.35. The molecule has 17 heavy (non-hydrogen) atoms. The van der Waals surface area contributed by atoms with Gasteiger partial charge in [-0.25, -0.2) is 8.42 Å². The Kier molecular flexibility index (Phi) is 4.86. The molecule has 2 aliphatic rings. The van der Waals surface area contributed by atoms with E-state index in [9.17, 15) is 8.42 Å². The van der Waals surface area contributed by atoms with Gasteiger partial charge in [-0.3, -0.25) is 0 Å². The van der Waals surface area contributed by atoms with E-state index in [1.165, 1.54) is 12.7 Å². The van der Waals surface area contributed by atoms with Gasteiger partial charge in [0, 0.05) is 25.9 Å². The molecule has 2 atom stereocenters. The monoisotopic (exact) mass is 282 g/mol. The fourth-order valence-electron chi connectivity index (χ4n) is 2.83. The van der Waals surface area contributed by atoms with Gasteiger partial charge in [0.15, 0.2) is 9.84 Å². The van der Waals surface area contributed by atoms with E-state index >= 15 is 0 Å². The Labute approximate surface area is 110 Å². The zero-order valence-electron chi connectivity index (χ0n) is 10.6. The number of halogens is 1. The molecule has 0 bridgehead atoms. The third-order valence-electron chi connectivity index (χ3n) is 3.90. The van der Waals surface area contributed by atoms with E-state index in [4.69, 9.17) is 0 Å². The van der Waals surface area contributed by atoms with Crippen LogP contribution in [0.25, 0.3) is 0 Å². The minimum absolute atomic E-state index is 0. The van der Waals surface area contributed by atoms with Crippen molar-refractivity contribution >= 4 is 22.2 Å². The van der Waals surface area contributed by atoms with Gasteiger partial charge in [0.25, 0.3) is 0 Å². The zero-order valence-corrected chi connectivity index (χ0v) is 12.2. The highest BCUT2D eigenvalue weighted by molar-refractivity contribution is 7.91. The van der Waals surface area contributed by atoms with Gasteiger partial charge in [-0.1, -0.05) is 6.92 Å². The molecule has 4 nitrogen and oxygen atoms in total. The van der Waals surface area contributed by atoms with Crippen LogP contribution in [-0.4, -0.2) is 57.5 Å². The number of hydrogen-bond donors (Lipinski definition) is 1. The maximum absolute atomic E-state index is 11.5. The number of hydrogen-bond acceptors (Lipinski definition) is 4. The van der Waals surface area contributed by atoms with Crippen LogP contribution in [0.5, 0.6) is 0 Å². The van der Waals surface area contributed by atoms with Gasteiger partial charge >= 0.3 is 0 Å². The van der Waals surface area contributed by atoms with Gasteiger partial charge in [0.1, 0.15) is 0 Å². The Balaban J connectivity index is 0.00000144. The van der Waals surface area contributed by atoms with Gasteiger partial charge in [0.05, 0.1) is 5.25 Å². The van der Waals surface area contributed by atoms with E-state index in [0.29, 0.717) is 5.41 Å². The number of likely N-dealkylation sites (tertiary alicyclic amines) is 1.